The average molecular weight is 490 g/mol. The summed E-state index contributed by atoms with van der Waals surface area (Å²) < 4.78 is 25.0. The highest BCUT2D eigenvalue weighted by Crippen LogP contribution is 2.31. The Labute approximate surface area is 206 Å². The monoisotopic (exact) mass is 490 g/mol. The van der Waals surface area contributed by atoms with Gasteiger partial charge in [-0.05, 0) is 41.5 Å². The molecule has 0 spiro atoms. The van der Waals surface area contributed by atoms with E-state index in [1.165, 1.54) is 17.0 Å². The van der Waals surface area contributed by atoms with Gasteiger partial charge in [0, 0.05) is 25.2 Å². The van der Waals surface area contributed by atoms with Crippen molar-refractivity contribution >= 4 is 17.6 Å². The quantitative estimate of drug-likeness (QED) is 0.542. The molecule has 9 nitrogen and oxygen atoms in total. The van der Waals surface area contributed by atoms with Crippen LogP contribution in [0.15, 0.2) is 54.9 Å². The van der Waals surface area contributed by atoms with Crippen molar-refractivity contribution in [2.24, 2.45) is 0 Å². The molecular formula is C26H23FN4O5. The van der Waals surface area contributed by atoms with Crippen LogP contribution in [0.2, 0.25) is 0 Å². The zero-order valence-electron chi connectivity index (χ0n) is 19.4. The number of hydrogen-bond acceptors (Lipinski definition) is 6. The molecule has 0 unspecified atom stereocenters. The van der Waals surface area contributed by atoms with E-state index >= 15 is 0 Å². The van der Waals surface area contributed by atoms with E-state index in [4.69, 9.17) is 9.47 Å². The molecule has 36 heavy (non-hydrogen) atoms. The molecule has 1 atom stereocenters. The summed E-state index contributed by atoms with van der Waals surface area (Å²) in [6.45, 7) is 0.267. The third kappa shape index (κ3) is 4.93. The van der Waals surface area contributed by atoms with Crippen molar-refractivity contribution in [1.82, 2.24) is 15.1 Å². The number of carbonyl (C=O) groups excluding carboxylic acids is 2. The second kappa shape index (κ2) is 9.45. The number of rotatable bonds is 3. The number of ether oxygens (including phenoxy) is 2. The van der Waals surface area contributed by atoms with Crippen LogP contribution in [0, 0.1) is 17.7 Å². The third-order valence-electron chi connectivity index (χ3n) is 5.94. The van der Waals surface area contributed by atoms with Gasteiger partial charge in [-0.3, -0.25) is 4.79 Å². The summed E-state index contributed by atoms with van der Waals surface area (Å²) in [7, 11) is 1.59. The first-order valence-electron chi connectivity index (χ1n) is 11.3. The first-order chi connectivity index (χ1) is 17.3. The summed E-state index contributed by atoms with van der Waals surface area (Å²) in [5, 5.41) is 16.9. The van der Waals surface area contributed by atoms with Crippen LogP contribution in [0.1, 0.15) is 16.7 Å². The van der Waals surface area contributed by atoms with Gasteiger partial charge >= 0.3 is 6.03 Å². The predicted octanol–water partition coefficient (Wildman–Crippen LogP) is 1.71. The number of amides is 2. The van der Waals surface area contributed by atoms with Crippen LogP contribution < -0.4 is 15.0 Å². The fourth-order valence-electron chi connectivity index (χ4n) is 3.85. The van der Waals surface area contributed by atoms with Crippen molar-refractivity contribution in [3.05, 3.63) is 77.4 Å². The molecule has 1 aromatic heterocycles. The summed E-state index contributed by atoms with van der Waals surface area (Å²) in [5.74, 6) is 5.48. The Morgan fingerprint density at radius 2 is 2.03 bits per heavy atom. The number of nitrogens with zero attached hydrogens (tertiary/aromatic N) is 3. The van der Waals surface area contributed by atoms with Crippen molar-refractivity contribution in [3.63, 3.8) is 0 Å². The van der Waals surface area contributed by atoms with Gasteiger partial charge in [0.1, 0.15) is 24.2 Å². The Balaban J connectivity index is 1.26. The maximum absolute atomic E-state index is 13.1. The van der Waals surface area contributed by atoms with Crippen LogP contribution in [-0.2, 0) is 16.0 Å². The number of anilines is 1. The minimum atomic E-state index is -1.15. The molecule has 5 rings (SSSR count). The molecule has 0 bridgehead atoms. The number of aromatic nitrogens is 2. The van der Waals surface area contributed by atoms with Crippen molar-refractivity contribution in [3.8, 4) is 17.6 Å². The van der Waals surface area contributed by atoms with E-state index in [-0.39, 0.29) is 31.5 Å². The zero-order valence-corrected chi connectivity index (χ0v) is 19.4. The highest BCUT2D eigenvalue weighted by atomic mass is 19.1. The number of fused-ring (bicyclic) bond motifs is 1. The van der Waals surface area contributed by atoms with Gasteiger partial charge in [-0.15, -0.1) is 0 Å². The van der Waals surface area contributed by atoms with Crippen molar-refractivity contribution in [2.45, 2.75) is 18.1 Å². The smallest absolute Gasteiger partial charge is 0.342 e. The lowest BCUT2D eigenvalue weighted by Gasteiger charge is -2.30. The Morgan fingerprint density at radius 3 is 2.75 bits per heavy atom. The van der Waals surface area contributed by atoms with E-state index in [0.29, 0.717) is 23.4 Å². The Morgan fingerprint density at radius 1 is 1.25 bits per heavy atom. The van der Waals surface area contributed by atoms with E-state index in [9.17, 15) is 19.1 Å². The molecule has 3 heterocycles. The molecule has 2 aliphatic rings. The molecule has 0 radical (unpaired) electrons. The molecule has 1 fully saturated rings. The zero-order chi connectivity index (χ0) is 25.3. The average Bonchev–Trinajstić information content (AvgIpc) is 3.29. The number of likely N-dealkylation sites (N-methyl/N-ethyl adjacent to an activating group) is 1. The molecule has 2 aliphatic heterocycles. The van der Waals surface area contributed by atoms with E-state index in [2.05, 4.69) is 22.3 Å². The predicted molar refractivity (Wildman–Crippen MR) is 127 cm³/mol. The first-order valence-corrected chi connectivity index (χ1v) is 11.3. The number of benzene rings is 2. The highest BCUT2D eigenvalue weighted by molar-refractivity contribution is 6.00. The van der Waals surface area contributed by atoms with Crippen molar-refractivity contribution in [1.29, 1.82) is 0 Å². The fraction of sp³-hybridized carbons (Fsp3) is 0.269. The summed E-state index contributed by atoms with van der Waals surface area (Å²) in [4.78, 5) is 27.3. The minimum Gasteiger partial charge on any atom is -0.489 e. The van der Waals surface area contributed by atoms with E-state index in [1.54, 1.807) is 49.8 Å². The maximum Gasteiger partial charge on any atom is 0.342 e. The number of nitrogens with one attached hydrogen (secondary N) is 1. The largest absolute Gasteiger partial charge is 0.489 e. The van der Waals surface area contributed by atoms with Crippen molar-refractivity contribution in [2.75, 3.05) is 31.8 Å². The SMILES string of the molecule is CN1C(=O)[C@@H](NC(=O)n2cc(Cc3ccc(F)cc3)cn2)COc2ccc(C#CC3(O)COC3)cc21. The van der Waals surface area contributed by atoms with Crippen LogP contribution in [0.4, 0.5) is 14.9 Å². The lowest BCUT2D eigenvalue weighted by Crippen LogP contribution is -2.50. The Bertz CT molecular complexity index is 1370. The molecule has 10 heteroatoms. The van der Waals surface area contributed by atoms with Crippen LogP contribution in [0.25, 0.3) is 0 Å². The summed E-state index contributed by atoms with van der Waals surface area (Å²) in [5.41, 5.74) is 1.59. The third-order valence-corrected chi connectivity index (χ3v) is 5.94. The molecule has 184 valence electrons. The van der Waals surface area contributed by atoms with Gasteiger partial charge in [-0.25, -0.2) is 9.18 Å². The lowest BCUT2D eigenvalue weighted by molar-refractivity contribution is -0.140. The summed E-state index contributed by atoms with van der Waals surface area (Å²) in [6.07, 6.45) is 3.59. The maximum atomic E-state index is 13.1. The number of aliphatic hydroxyl groups is 1. The van der Waals surface area contributed by atoms with E-state index in [1.807, 2.05) is 0 Å². The molecule has 0 saturated carbocycles. The number of halogens is 1. The van der Waals surface area contributed by atoms with Crippen LogP contribution >= 0.6 is 0 Å². The normalized spacial score (nSPS) is 18.1. The van der Waals surface area contributed by atoms with Gasteiger partial charge in [0.2, 0.25) is 0 Å². The highest BCUT2D eigenvalue weighted by Gasteiger charge is 2.34. The van der Waals surface area contributed by atoms with Gasteiger partial charge in [0.05, 0.1) is 25.1 Å². The second-order valence-corrected chi connectivity index (χ2v) is 8.76. The molecule has 2 N–H and O–H groups in total. The standard InChI is InChI=1S/C26H23FN4O5/c1-30-22-11-18(8-9-26(34)15-35-16-26)4-7-23(22)36-14-21(24(30)32)29-25(33)31-13-19(12-28-31)10-17-2-5-20(27)6-3-17/h2-7,11-13,21,34H,10,14-16H2,1H3,(H,29,33)/t21-/m0/s1. The van der Waals surface area contributed by atoms with Gasteiger partial charge in [0.15, 0.2) is 5.60 Å². The van der Waals surface area contributed by atoms with Gasteiger partial charge < -0.3 is 24.8 Å². The first kappa shape index (κ1) is 23.5. The molecular weight excluding hydrogens is 467 g/mol. The Kier molecular flexibility index (Phi) is 6.18. The summed E-state index contributed by atoms with van der Waals surface area (Å²) >= 11 is 0. The molecule has 3 aromatic rings. The van der Waals surface area contributed by atoms with Gasteiger partial charge in [-0.1, -0.05) is 24.0 Å². The number of hydrogen-bond donors (Lipinski definition) is 2. The molecule has 0 aliphatic carbocycles. The van der Waals surface area contributed by atoms with E-state index in [0.717, 1.165) is 15.8 Å². The lowest BCUT2D eigenvalue weighted by atomic mass is 10.0. The molecule has 2 aromatic carbocycles. The molecule has 2 amide bonds. The van der Waals surface area contributed by atoms with Crippen LogP contribution in [-0.4, -0.2) is 65.3 Å². The van der Waals surface area contributed by atoms with Gasteiger partial charge in [-0.2, -0.15) is 9.78 Å². The molecule has 1 saturated heterocycles. The Hall–Kier alpha value is -4.20. The number of carbonyl (C=O) groups is 2. The second-order valence-electron chi connectivity index (χ2n) is 8.76. The fourth-order valence-corrected chi connectivity index (χ4v) is 3.85. The minimum absolute atomic E-state index is 0.0618. The summed E-state index contributed by atoms with van der Waals surface area (Å²) in [6, 6.07) is 9.70. The van der Waals surface area contributed by atoms with Crippen LogP contribution in [0.3, 0.4) is 0 Å². The topological polar surface area (TPSA) is 106 Å². The van der Waals surface area contributed by atoms with Crippen LogP contribution in [0.5, 0.6) is 5.75 Å². The van der Waals surface area contributed by atoms with Gasteiger partial charge in [0.25, 0.3) is 5.91 Å². The van der Waals surface area contributed by atoms with Crippen molar-refractivity contribution < 1.29 is 28.6 Å². The van der Waals surface area contributed by atoms with E-state index < -0.39 is 17.7 Å².